The van der Waals surface area contributed by atoms with Crippen LogP contribution in [0.1, 0.15) is 26.4 Å². The Bertz CT molecular complexity index is 1160. The first kappa shape index (κ1) is 22.1. The second kappa shape index (κ2) is 9.02. The smallest absolute Gasteiger partial charge is 0.357 e. The average Bonchev–Trinajstić information content (AvgIpc) is 3.17. The molecule has 0 atom stereocenters. The van der Waals surface area contributed by atoms with Crippen molar-refractivity contribution in [1.29, 1.82) is 0 Å². The predicted molar refractivity (Wildman–Crippen MR) is 122 cm³/mol. The molecule has 0 fully saturated rings. The number of esters is 2. The lowest BCUT2D eigenvalue weighted by Gasteiger charge is -2.07. The van der Waals surface area contributed by atoms with Crippen molar-refractivity contribution in [2.75, 3.05) is 14.2 Å². The van der Waals surface area contributed by atoms with Gasteiger partial charge in [-0.3, -0.25) is 0 Å². The molecule has 0 aliphatic carbocycles. The van der Waals surface area contributed by atoms with E-state index in [9.17, 15) is 9.59 Å². The summed E-state index contributed by atoms with van der Waals surface area (Å²) in [6.07, 6.45) is 0. The van der Waals surface area contributed by atoms with Crippen LogP contribution in [0.5, 0.6) is 0 Å². The van der Waals surface area contributed by atoms with Gasteiger partial charge in [0.1, 0.15) is 19.3 Å². The third kappa shape index (κ3) is 4.93. The highest BCUT2D eigenvalue weighted by molar-refractivity contribution is 6.83. The van der Waals surface area contributed by atoms with Crippen molar-refractivity contribution >= 4 is 20.0 Å². The molecule has 0 spiro atoms. The zero-order chi connectivity index (χ0) is 22.6. The van der Waals surface area contributed by atoms with Gasteiger partial charge in [0.2, 0.25) is 0 Å². The number of hydrogen-bond donors (Lipinski definition) is 0. The summed E-state index contributed by atoms with van der Waals surface area (Å²) in [5, 5.41) is 4.59. The Labute approximate surface area is 182 Å². The maximum atomic E-state index is 12.7. The highest BCUT2D eigenvalue weighted by atomic mass is 28.3. The summed E-state index contributed by atoms with van der Waals surface area (Å²) in [6.45, 7) is 6.55. The van der Waals surface area contributed by atoms with Gasteiger partial charge in [0, 0.05) is 11.1 Å². The van der Waals surface area contributed by atoms with Crippen LogP contribution >= 0.6 is 0 Å². The predicted octanol–water partition coefficient (Wildman–Crippen LogP) is 4.34. The fourth-order valence-corrected chi connectivity index (χ4v) is 3.45. The molecule has 0 unspecified atom stereocenters. The topological polar surface area (TPSA) is 70.4 Å². The first-order valence-corrected chi connectivity index (χ1v) is 13.2. The summed E-state index contributed by atoms with van der Waals surface area (Å²) in [5.41, 5.74) is 5.89. The van der Waals surface area contributed by atoms with Crippen molar-refractivity contribution in [3.8, 4) is 28.4 Å². The number of nitrogens with zero attached hydrogens (tertiary/aromatic N) is 2. The SMILES string of the molecule is COC(=O)c1c(-c2ccc(C#C[Si](C)(C)C)cc2)nn(-c2ccccc2)c1C(=O)OC. The number of carbonyl (C=O) groups excluding carboxylic acids is 2. The largest absolute Gasteiger partial charge is 0.465 e. The molecule has 158 valence electrons. The van der Waals surface area contributed by atoms with Crippen molar-refractivity contribution in [1.82, 2.24) is 9.78 Å². The van der Waals surface area contributed by atoms with E-state index in [2.05, 4.69) is 36.2 Å². The summed E-state index contributed by atoms with van der Waals surface area (Å²) in [4.78, 5) is 25.3. The standard InChI is InChI=1S/C24H24N2O4Si/c1-29-23(27)20-21(18-13-11-17(12-14-18)15-16-31(3,4)5)25-26(22(20)24(28)30-2)19-9-7-6-8-10-19/h6-14H,1-5H3. The minimum Gasteiger partial charge on any atom is -0.465 e. The molecule has 1 heterocycles. The highest BCUT2D eigenvalue weighted by Crippen LogP contribution is 2.29. The minimum atomic E-state index is -1.49. The zero-order valence-electron chi connectivity index (χ0n) is 18.2. The molecule has 0 N–H and O–H groups in total. The lowest BCUT2D eigenvalue weighted by atomic mass is 10.0. The summed E-state index contributed by atoms with van der Waals surface area (Å²) in [5.74, 6) is 1.86. The Hall–Kier alpha value is -3.63. The Morgan fingerprint density at radius 2 is 1.52 bits per heavy atom. The number of hydrogen-bond acceptors (Lipinski definition) is 5. The molecule has 7 heteroatoms. The first-order valence-electron chi connectivity index (χ1n) is 9.74. The summed E-state index contributed by atoms with van der Waals surface area (Å²) in [6, 6.07) is 16.5. The Morgan fingerprint density at radius 1 is 0.903 bits per heavy atom. The molecule has 6 nitrogen and oxygen atoms in total. The second-order valence-corrected chi connectivity index (χ2v) is 12.6. The van der Waals surface area contributed by atoms with Gasteiger partial charge in [0.25, 0.3) is 0 Å². The quantitative estimate of drug-likeness (QED) is 0.348. The molecule has 1 aromatic heterocycles. The third-order valence-corrected chi connectivity index (χ3v) is 5.27. The molecule has 0 bridgehead atoms. The van der Waals surface area contributed by atoms with Gasteiger partial charge in [-0.1, -0.05) is 55.9 Å². The van der Waals surface area contributed by atoms with Crippen LogP contribution in [0, 0.1) is 11.5 Å². The van der Waals surface area contributed by atoms with E-state index in [-0.39, 0.29) is 11.3 Å². The molecular formula is C24H24N2O4Si. The van der Waals surface area contributed by atoms with Gasteiger partial charge in [-0.05, 0) is 24.3 Å². The maximum absolute atomic E-state index is 12.7. The molecule has 2 aromatic carbocycles. The fourth-order valence-electron chi connectivity index (χ4n) is 2.93. The van der Waals surface area contributed by atoms with E-state index in [1.54, 1.807) is 12.1 Å². The summed E-state index contributed by atoms with van der Waals surface area (Å²) < 4.78 is 11.3. The maximum Gasteiger partial charge on any atom is 0.357 e. The Morgan fingerprint density at radius 3 is 2.06 bits per heavy atom. The second-order valence-electron chi connectivity index (χ2n) is 7.88. The Kier molecular flexibility index (Phi) is 6.42. The monoisotopic (exact) mass is 432 g/mol. The third-order valence-electron chi connectivity index (χ3n) is 4.39. The molecule has 0 saturated heterocycles. The molecule has 0 aliphatic rings. The van der Waals surface area contributed by atoms with Crippen molar-refractivity contribution in [2.24, 2.45) is 0 Å². The fraction of sp³-hybridized carbons (Fsp3) is 0.208. The molecule has 0 radical (unpaired) electrons. The number of carbonyl (C=O) groups is 2. The minimum absolute atomic E-state index is 0.0122. The number of ether oxygens (including phenoxy) is 2. The van der Waals surface area contributed by atoms with Gasteiger partial charge in [0.15, 0.2) is 5.69 Å². The van der Waals surface area contributed by atoms with E-state index in [4.69, 9.17) is 9.47 Å². The number of benzene rings is 2. The van der Waals surface area contributed by atoms with Crippen LogP contribution in [0.25, 0.3) is 16.9 Å². The van der Waals surface area contributed by atoms with Gasteiger partial charge >= 0.3 is 11.9 Å². The van der Waals surface area contributed by atoms with Gasteiger partial charge in [-0.15, -0.1) is 5.54 Å². The average molecular weight is 433 g/mol. The molecule has 3 aromatic rings. The van der Waals surface area contributed by atoms with Crippen molar-refractivity contribution in [3.05, 3.63) is 71.4 Å². The van der Waals surface area contributed by atoms with E-state index in [0.29, 0.717) is 16.9 Å². The van der Waals surface area contributed by atoms with Crippen LogP contribution in [-0.2, 0) is 9.47 Å². The van der Waals surface area contributed by atoms with Crippen LogP contribution in [-0.4, -0.2) is 44.0 Å². The van der Waals surface area contributed by atoms with Crippen molar-refractivity contribution < 1.29 is 19.1 Å². The van der Waals surface area contributed by atoms with Gasteiger partial charge in [-0.2, -0.15) is 5.10 Å². The molecule has 0 saturated carbocycles. The normalized spacial score (nSPS) is 10.7. The lowest BCUT2D eigenvalue weighted by Crippen LogP contribution is -2.16. The van der Waals surface area contributed by atoms with Crippen LogP contribution in [0.15, 0.2) is 54.6 Å². The first-order chi connectivity index (χ1) is 14.7. The van der Waals surface area contributed by atoms with Crippen LogP contribution in [0.3, 0.4) is 0 Å². The lowest BCUT2D eigenvalue weighted by molar-refractivity contribution is 0.0549. The van der Waals surface area contributed by atoms with Gasteiger partial charge in [0.05, 0.1) is 19.9 Å². The molecule has 3 rings (SSSR count). The number of methoxy groups -OCH3 is 2. The molecular weight excluding hydrogens is 408 g/mol. The van der Waals surface area contributed by atoms with E-state index in [0.717, 1.165) is 5.56 Å². The highest BCUT2D eigenvalue weighted by Gasteiger charge is 2.31. The van der Waals surface area contributed by atoms with Gasteiger partial charge < -0.3 is 9.47 Å². The van der Waals surface area contributed by atoms with Gasteiger partial charge in [-0.25, -0.2) is 14.3 Å². The van der Waals surface area contributed by atoms with Crippen molar-refractivity contribution in [2.45, 2.75) is 19.6 Å². The Balaban J connectivity index is 2.20. The van der Waals surface area contributed by atoms with Crippen LogP contribution in [0.4, 0.5) is 0 Å². The van der Waals surface area contributed by atoms with E-state index >= 15 is 0 Å². The number of rotatable bonds is 4. The van der Waals surface area contributed by atoms with E-state index in [1.807, 2.05) is 42.5 Å². The number of para-hydroxylation sites is 1. The van der Waals surface area contributed by atoms with E-state index in [1.165, 1.54) is 18.9 Å². The van der Waals surface area contributed by atoms with E-state index < -0.39 is 20.0 Å². The van der Waals surface area contributed by atoms with Crippen LogP contribution < -0.4 is 0 Å². The number of aromatic nitrogens is 2. The molecule has 31 heavy (non-hydrogen) atoms. The summed E-state index contributed by atoms with van der Waals surface area (Å²) >= 11 is 0. The van der Waals surface area contributed by atoms with Crippen molar-refractivity contribution in [3.63, 3.8) is 0 Å². The molecule has 0 aliphatic heterocycles. The molecule has 0 amide bonds. The summed E-state index contributed by atoms with van der Waals surface area (Å²) in [7, 11) is 1.03. The zero-order valence-corrected chi connectivity index (χ0v) is 19.2. The van der Waals surface area contributed by atoms with Crippen LogP contribution in [0.2, 0.25) is 19.6 Å².